The maximum absolute atomic E-state index is 11.6. The molecular formula is C15H22O6. The Kier molecular flexibility index (Phi) is 7.50. The van der Waals surface area contributed by atoms with Crippen LogP contribution in [0.15, 0.2) is 12.2 Å². The van der Waals surface area contributed by atoms with Crippen LogP contribution >= 0.6 is 0 Å². The van der Waals surface area contributed by atoms with Crippen molar-refractivity contribution in [2.75, 3.05) is 0 Å². The predicted octanol–water partition coefficient (Wildman–Crippen LogP) is 2.21. The lowest BCUT2D eigenvalue weighted by molar-refractivity contribution is -0.159. The molecule has 0 aromatic carbocycles. The SMILES string of the molecule is C[C@@H](OC(=O)/C=C/C(=O)OC1CCCCCCC1)C(=O)O. The van der Waals surface area contributed by atoms with Crippen molar-refractivity contribution in [1.82, 2.24) is 0 Å². The highest BCUT2D eigenvalue weighted by molar-refractivity contribution is 5.92. The van der Waals surface area contributed by atoms with E-state index in [9.17, 15) is 14.4 Å². The van der Waals surface area contributed by atoms with E-state index in [4.69, 9.17) is 9.84 Å². The summed E-state index contributed by atoms with van der Waals surface area (Å²) in [6, 6.07) is 0. The monoisotopic (exact) mass is 298 g/mol. The molecule has 0 aliphatic heterocycles. The van der Waals surface area contributed by atoms with Gasteiger partial charge in [-0.25, -0.2) is 14.4 Å². The predicted molar refractivity (Wildman–Crippen MR) is 74.5 cm³/mol. The van der Waals surface area contributed by atoms with Gasteiger partial charge in [-0.1, -0.05) is 19.3 Å². The lowest BCUT2D eigenvalue weighted by Gasteiger charge is -2.19. The van der Waals surface area contributed by atoms with Gasteiger partial charge in [0.15, 0.2) is 6.10 Å². The fourth-order valence-corrected chi connectivity index (χ4v) is 2.14. The van der Waals surface area contributed by atoms with E-state index in [1.165, 1.54) is 13.3 Å². The number of ether oxygens (including phenoxy) is 2. The van der Waals surface area contributed by atoms with Gasteiger partial charge in [-0.15, -0.1) is 0 Å². The number of hydrogen-bond donors (Lipinski definition) is 1. The molecule has 1 atom stereocenters. The molecule has 6 heteroatoms. The number of rotatable bonds is 5. The van der Waals surface area contributed by atoms with Crippen molar-refractivity contribution >= 4 is 17.9 Å². The number of carboxylic acids is 1. The summed E-state index contributed by atoms with van der Waals surface area (Å²) in [4.78, 5) is 33.4. The molecule has 118 valence electrons. The van der Waals surface area contributed by atoms with Crippen LogP contribution in [0.2, 0.25) is 0 Å². The van der Waals surface area contributed by atoms with E-state index in [-0.39, 0.29) is 6.10 Å². The summed E-state index contributed by atoms with van der Waals surface area (Å²) in [5.74, 6) is -2.71. The van der Waals surface area contributed by atoms with Gasteiger partial charge in [-0.2, -0.15) is 0 Å². The van der Waals surface area contributed by atoms with Crippen LogP contribution in [0.25, 0.3) is 0 Å². The molecule has 0 spiro atoms. The van der Waals surface area contributed by atoms with E-state index in [2.05, 4.69) is 4.74 Å². The summed E-state index contributed by atoms with van der Waals surface area (Å²) in [5, 5.41) is 8.58. The first-order valence-electron chi connectivity index (χ1n) is 7.31. The molecule has 0 aromatic heterocycles. The van der Waals surface area contributed by atoms with Crippen LogP contribution in [0.3, 0.4) is 0 Å². The van der Waals surface area contributed by atoms with Gasteiger partial charge in [-0.05, 0) is 32.6 Å². The number of carbonyl (C=O) groups is 3. The molecule has 21 heavy (non-hydrogen) atoms. The number of hydrogen-bond acceptors (Lipinski definition) is 5. The number of aliphatic carboxylic acids is 1. The second kappa shape index (κ2) is 9.15. The fraction of sp³-hybridized carbons (Fsp3) is 0.667. The third-order valence-corrected chi connectivity index (χ3v) is 3.33. The first-order valence-corrected chi connectivity index (χ1v) is 7.31. The van der Waals surface area contributed by atoms with Crippen LogP contribution in [-0.2, 0) is 23.9 Å². The average Bonchev–Trinajstić information content (AvgIpc) is 2.39. The minimum atomic E-state index is -1.25. The maximum atomic E-state index is 11.6. The zero-order valence-electron chi connectivity index (χ0n) is 12.2. The molecule has 1 aliphatic carbocycles. The normalized spacial score (nSPS) is 18.5. The van der Waals surface area contributed by atoms with Gasteiger partial charge in [0.05, 0.1) is 0 Å². The van der Waals surface area contributed by atoms with E-state index in [1.807, 2.05) is 0 Å². The zero-order chi connectivity index (χ0) is 15.7. The van der Waals surface area contributed by atoms with Gasteiger partial charge >= 0.3 is 17.9 Å². The Bertz CT molecular complexity index is 393. The Labute approximate surface area is 124 Å². The first-order chi connectivity index (χ1) is 9.99. The Balaban J connectivity index is 2.35. The zero-order valence-corrected chi connectivity index (χ0v) is 12.2. The van der Waals surface area contributed by atoms with Crippen LogP contribution in [0, 0.1) is 0 Å². The molecule has 1 rings (SSSR count). The van der Waals surface area contributed by atoms with Crippen molar-refractivity contribution in [2.45, 2.75) is 64.1 Å². The molecule has 6 nitrogen and oxygen atoms in total. The smallest absolute Gasteiger partial charge is 0.344 e. The second-order valence-corrected chi connectivity index (χ2v) is 5.15. The fourth-order valence-electron chi connectivity index (χ4n) is 2.14. The quantitative estimate of drug-likeness (QED) is 0.618. The van der Waals surface area contributed by atoms with Crippen LogP contribution in [0.5, 0.6) is 0 Å². The molecule has 0 heterocycles. The average molecular weight is 298 g/mol. The molecule has 0 amide bonds. The first kappa shape index (κ1) is 17.2. The summed E-state index contributed by atoms with van der Waals surface area (Å²) in [6.07, 6.45) is 7.85. The summed E-state index contributed by atoms with van der Waals surface area (Å²) < 4.78 is 9.84. The van der Waals surface area contributed by atoms with Gasteiger partial charge in [0, 0.05) is 12.2 Å². The van der Waals surface area contributed by atoms with E-state index in [1.54, 1.807) is 0 Å². The molecule has 1 aliphatic rings. The number of esters is 2. The minimum absolute atomic E-state index is 0.101. The summed E-state index contributed by atoms with van der Waals surface area (Å²) in [6.45, 7) is 1.24. The molecule has 0 aromatic rings. The number of carboxylic acid groups (broad SMARTS) is 1. The molecular weight excluding hydrogens is 276 g/mol. The lowest BCUT2D eigenvalue weighted by Crippen LogP contribution is -2.23. The van der Waals surface area contributed by atoms with Gasteiger partial charge in [0.1, 0.15) is 6.10 Å². The van der Waals surface area contributed by atoms with Gasteiger partial charge in [-0.3, -0.25) is 0 Å². The van der Waals surface area contributed by atoms with Gasteiger partial charge in [0.25, 0.3) is 0 Å². The van der Waals surface area contributed by atoms with Crippen LogP contribution < -0.4 is 0 Å². The van der Waals surface area contributed by atoms with Crippen LogP contribution in [0.1, 0.15) is 51.9 Å². The Hall–Kier alpha value is -1.85. The van der Waals surface area contributed by atoms with E-state index < -0.39 is 24.0 Å². The molecule has 0 saturated heterocycles. The van der Waals surface area contributed by atoms with E-state index >= 15 is 0 Å². The highest BCUT2D eigenvalue weighted by Gasteiger charge is 2.16. The van der Waals surface area contributed by atoms with Gasteiger partial charge < -0.3 is 14.6 Å². The van der Waals surface area contributed by atoms with Crippen molar-refractivity contribution in [3.63, 3.8) is 0 Å². The van der Waals surface area contributed by atoms with Gasteiger partial charge in [0.2, 0.25) is 0 Å². The molecule has 1 N–H and O–H groups in total. The van der Waals surface area contributed by atoms with Crippen LogP contribution in [0.4, 0.5) is 0 Å². The second-order valence-electron chi connectivity index (χ2n) is 5.15. The summed E-state index contributed by atoms with van der Waals surface area (Å²) in [7, 11) is 0. The Morgan fingerprint density at radius 2 is 1.52 bits per heavy atom. The van der Waals surface area contributed by atoms with Crippen LogP contribution in [-0.4, -0.2) is 35.2 Å². The number of carbonyl (C=O) groups excluding carboxylic acids is 2. The molecule has 1 fully saturated rings. The van der Waals surface area contributed by atoms with E-state index in [0.717, 1.165) is 50.7 Å². The van der Waals surface area contributed by atoms with Crippen molar-refractivity contribution in [2.24, 2.45) is 0 Å². The molecule has 0 unspecified atom stereocenters. The third-order valence-electron chi connectivity index (χ3n) is 3.33. The minimum Gasteiger partial charge on any atom is -0.479 e. The van der Waals surface area contributed by atoms with Crippen molar-refractivity contribution in [3.8, 4) is 0 Å². The Morgan fingerprint density at radius 1 is 1.00 bits per heavy atom. The van der Waals surface area contributed by atoms with Crippen molar-refractivity contribution in [1.29, 1.82) is 0 Å². The summed E-state index contributed by atoms with van der Waals surface area (Å²) >= 11 is 0. The highest BCUT2D eigenvalue weighted by atomic mass is 16.6. The summed E-state index contributed by atoms with van der Waals surface area (Å²) in [5.41, 5.74) is 0. The molecule has 1 saturated carbocycles. The lowest BCUT2D eigenvalue weighted by atomic mass is 9.99. The molecule has 0 bridgehead atoms. The highest BCUT2D eigenvalue weighted by Crippen LogP contribution is 2.19. The van der Waals surface area contributed by atoms with E-state index in [0.29, 0.717) is 0 Å². The maximum Gasteiger partial charge on any atom is 0.344 e. The Morgan fingerprint density at radius 3 is 2.10 bits per heavy atom. The van der Waals surface area contributed by atoms with Crippen molar-refractivity contribution < 1.29 is 29.0 Å². The third kappa shape index (κ3) is 7.48. The van der Waals surface area contributed by atoms with Crippen molar-refractivity contribution in [3.05, 3.63) is 12.2 Å². The topological polar surface area (TPSA) is 89.9 Å². The largest absolute Gasteiger partial charge is 0.479 e. The molecule has 0 radical (unpaired) electrons. The standard InChI is InChI=1S/C15H22O6/c1-11(15(18)19)20-13(16)9-10-14(17)21-12-7-5-3-2-4-6-8-12/h9-12H,2-8H2,1H3,(H,18,19)/b10-9+/t11-/m1/s1.